The molecule has 0 amide bonds. The molecule has 0 bridgehead atoms. The summed E-state index contributed by atoms with van der Waals surface area (Å²) in [5.41, 5.74) is 6.40. The van der Waals surface area contributed by atoms with Crippen molar-refractivity contribution < 1.29 is 13.2 Å². The second kappa shape index (κ2) is 4.75. The third kappa shape index (κ3) is 3.12. The summed E-state index contributed by atoms with van der Waals surface area (Å²) in [6.07, 6.45) is -2.90. The zero-order chi connectivity index (χ0) is 14.0. The Morgan fingerprint density at radius 2 is 1.79 bits per heavy atom. The molecule has 1 aromatic carbocycles. The largest absolute Gasteiger partial charge is 0.416 e. The topological polar surface area (TPSA) is 63.8 Å². The molecule has 100 valence electrons. The highest BCUT2D eigenvalue weighted by molar-refractivity contribution is 5.55. The molecule has 4 nitrogen and oxygen atoms in total. The Morgan fingerprint density at radius 3 is 2.32 bits per heavy atom. The van der Waals surface area contributed by atoms with E-state index in [1.807, 2.05) is 0 Å². The van der Waals surface area contributed by atoms with E-state index in [9.17, 15) is 13.2 Å². The minimum atomic E-state index is -4.34. The van der Waals surface area contributed by atoms with Crippen LogP contribution >= 0.6 is 0 Å². The van der Waals surface area contributed by atoms with Crippen LogP contribution < -0.4 is 11.1 Å². The molecular formula is C12H11F3N4. The van der Waals surface area contributed by atoms with Crippen LogP contribution in [0.2, 0.25) is 0 Å². The average molecular weight is 268 g/mol. The zero-order valence-electron chi connectivity index (χ0n) is 9.99. The molecule has 1 aromatic heterocycles. The van der Waals surface area contributed by atoms with E-state index in [1.165, 1.54) is 18.3 Å². The Hall–Kier alpha value is -2.31. The molecule has 0 saturated heterocycles. The van der Waals surface area contributed by atoms with Gasteiger partial charge in [-0.3, -0.25) is 0 Å². The number of alkyl halides is 3. The summed E-state index contributed by atoms with van der Waals surface area (Å²) < 4.78 is 37.2. The van der Waals surface area contributed by atoms with Gasteiger partial charge in [-0.05, 0) is 31.2 Å². The predicted molar refractivity (Wildman–Crippen MR) is 65.9 cm³/mol. The fourth-order valence-corrected chi connectivity index (χ4v) is 1.41. The first kappa shape index (κ1) is 13.1. The van der Waals surface area contributed by atoms with Crippen molar-refractivity contribution in [2.24, 2.45) is 0 Å². The minimum Gasteiger partial charge on any atom is -0.396 e. The molecule has 2 rings (SSSR count). The van der Waals surface area contributed by atoms with Gasteiger partial charge in [0.1, 0.15) is 0 Å². The van der Waals surface area contributed by atoms with Gasteiger partial charge in [0.05, 0.1) is 23.1 Å². The van der Waals surface area contributed by atoms with Crippen molar-refractivity contribution >= 4 is 17.3 Å². The molecule has 0 unspecified atom stereocenters. The van der Waals surface area contributed by atoms with Crippen molar-refractivity contribution in [3.05, 3.63) is 41.7 Å². The molecule has 2 aromatic rings. The van der Waals surface area contributed by atoms with E-state index in [-0.39, 0.29) is 5.95 Å². The van der Waals surface area contributed by atoms with Crippen LogP contribution in [0.25, 0.3) is 0 Å². The molecule has 0 spiro atoms. The number of nitrogens with zero attached hydrogens (tertiary/aromatic N) is 2. The number of aryl methyl sites for hydroxylation is 1. The first-order chi connectivity index (χ1) is 8.86. The van der Waals surface area contributed by atoms with Crippen molar-refractivity contribution in [1.82, 2.24) is 9.97 Å². The molecule has 0 aliphatic rings. The Kier molecular flexibility index (Phi) is 3.28. The van der Waals surface area contributed by atoms with Crippen molar-refractivity contribution in [2.75, 3.05) is 11.1 Å². The first-order valence-electron chi connectivity index (χ1n) is 5.39. The Labute approximate surface area is 107 Å². The zero-order valence-corrected chi connectivity index (χ0v) is 9.99. The standard InChI is InChI=1S/C12H11F3N4/c1-7-10(16)6-17-11(18-7)19-9-4-2-8(3-5-9)12(13,14)15/h2-6H,16H2,1H3,(H,17,18,19). The number of benzene rings is 1. The summed E-state index contributed by atoms with van der Waals surface area (Å²) in [6.45, 7) is 1.72. The molecule has 1 heterocycles. The normalized spacial score (nSPS) is 11.4. The Bertz CT molecular complexity index is 579. The maximum atomic E-state index is 12.4. The Balaban J connectivity index is 2.17. The number of halogens is 3. The third-order valence-corrected chi connectivity index (χ3v) is 2.49. The van der Waals surface area contributed by atoms with Crippen LogP contribution in [0.3, 0.4) is 0 Å². The lowest BCUT2D eigenvalue weighted by Gasteiger charge is -2.09. The molecular weight excluding hydrogens is 257 g/mol. The van der Waals surface area contributed by atoms with Gasteiger partial charge >= 0.3 is 6.18 Å². The van der Waals surface area contributed by atoms with Crippen LogP contribution in [0, 0.1) is 6.92 Å². The van der Waals surface area contributed by atoms with Gasteiger partial charge in [-0.15, -0.1) is 0 Å². The molecule has 0 saturated carbocycles. The summed E-state index contributed by atoms with van der Waals surface area (Å²) in [5, 5.41) is 2.81. The van der Waals surface area contributed by atoms with E-state index in [2.05, 4.69) is 15.3 Å². The van der Waals surface area contributed by atoms with Gasteiger partial charge in [-0.2, -0.15) is 13.2 Å². The SMILES string of the molecule is Cc1nc(Nc2ccc(C(F)(F)F)cc2)ncc1N. The summed E-state index contributed by atoms with van der Waals surface area (Å²) >= 11 is 0. The fraction of sp³-hybridized carbons (Fsp3) is 0.167. The van der Waals surface area contributed by atoms with Crippen LogP contribution in [0.15, 0.2) is 30.5 Å². The molecule has 0 aliphatic carbocycles. The third-order valence-electron chi connectivity index (χ3n) is 2.49. The maximum absolute atomic E-state index is 12.4. The van der Waals surface area contributed by atoms with Gasteiger partial charge in [-0.1, -0.05) is 0 Å². The number of rotatable bonds is 2. The maximum Gasteiger partial charge on any atom is 0.416 e. The van der Waals surface area contributed by atoms with Gasteiger partial charge in [0.25, 0.3) is 0 Å². The van der Waals surface area contributed by atoms with Crippen LogP contribution in [0.1, 0.15) is 11.3 Å². The smallest absolute Gasteiger partial charge is 0.396 e. The van der Waals surface area contributed by atoms with Crippen LogP contribution in [0.5, 0.6) is 0 Å². The number of hydrogen-bond donors (Lipinski definition) is 2. The lowest BCUT2D eigenvalue weighted by atomic mass is 10.2. The van der Waals surface area contributed by atoms with Crippen molar-refractivity contribution in [1.29, 1.82) is 0 Å². The van der Waals surface area contributed by atoms with Gasteiger partial charge in [-0.25, -0.2) is 9.97 Å². The summed E-state index contributed by atoms with van der Waals surface area (Å²) in [4.78, 5) is 8.01. The number of nitrogen functional groups attached to an aromatic ring is 1. The molecule has 0 radical (unpaired) electrons. The lowest BCUT2D eigenvalue weighted by Crippen LogP contribution is -2.05. The van der Waals surface area contributed by atoms with E-state index in [0.29, 0.717) is 17.1 Å². The molecule has 19 heavy (non-hydrogen) atoms. The van der Waals surface area contributed by atoms with Crippen LogP contribution in [-0.4, -0.2) is 9.97 Å². The van der Waals surface area contributed by atoms with E-state index < -0.39 is 11.7 Å². The molecule has 0 atom stereocenters. The van der Waals surface area contributed by atoms with E-state index in [0.717, 1.165) is 12.1 Å². The summed E-state index contributed by atoms with van der Waals surface area (Å²) in [5.74, 6) is 0.284. The van der Waals surface area contributed by atoms with Crippen LogP contribution in [0.4, 0.5) is 30.5 Å². The highest BCUT2D eigenvalue weighted by atomic mass is 19.4. The fourth-order valence-electron chi connectivity index (χ4n) is 1.41. The van der Waals surface area contributed by atoms with Crippen molar-refractivity contribution in [2.45, 2.75) is 13.1 Å². The van der Waals surface area contributed by atoms with E-state index in [1.54, 1.807) is 6.92 Å². The number of hydrogen-bond acceptors (Lipinski definition) is 4. The first-order valence-corrected chi connectivity index (χ1v) is 5.39. The molecule has 0 aliphatic heterocycles. The van der Waals surface area contributed by atoms with E-state index in [4.69, 9.17) is 5.73 Å². The van der Waals surface area contributed by atoms with Crippen molar-refractivity contribution in [3.8, 4) is 0 Å². The molecule has 3 N–H and O–H groups in total. The molecule has 7 heteroatoms. The Morgan fingerprint density at radius 1 is 1.16 bits per heavy atom. The van der Waals surface area contributed by atoms with Gasteiger partial charge in [0, 0.05) is 5.69 Å². The lowest BCUT2D eigenvalue weighted by molar-refractivity contribution is -0.137. The second-order valence-corrected chi connectivity index (χ2v) is 3.93. The highest BCUT2D eigenvalue weighted by Gasteiger charge is 2.29. The van der Waals surface area contributed by atoms with Gasteiger partial charge in [0.2, 0.25) is 5.95 Å². The quantitative estimate of drug-likeness (QED) is 0.878. The highest BCUT2D eigenvalue weighted by Crippen LogP contribution is 2.30. The van der Waals surface area contributed by atoms with Gasteiger partial charge in [0.15, 0.2) is 0 Å². The van der Waals surface area contributed by atoms with Crippen LogP contribution in [-0.2, 0) is 6.18 Å². The summed E-state index contributed by atoms with van der Waals surface area (Å²) in [7, 11) is 0. The summed E-state index contributed by atoms with van der Waals surface area (Å²) in [6, 6.07) is 4.62. The average Bonchev–Trinajstić information content (AvgIpc) is 2.33. The van der Waals surface area contributed by atoms with Crippen molar-refractivity contribution in [3.63, 3.8) is 0 Å². The van der Waals surface area contributed by atoms with Gasteiger partial charge < -0.3 is 11.1 Å². The number of aromatic nitrogens is 2. The number of anilines is 3. The monoisotopic (exact) mass is 268 g/mol. The van der Waals surface area contributed by atoms with E-state index >= 15 is 0 Å². The predicted octanol–water partition coefficient (Wildman–Crippen LogP) is 3.13. The minimum absolute atomic E-state index is 0.284. The number of nitrogens with two attached hydrogens (primary N) is 1. The number of nitrogens with one attached hydrogen (secondary N) is 1. The second-order valence-electron chi connectivity index (χ2n) is 3.93. The molecule has 0 fully saturated rings.